The van der Waals surface area contributed by atoms with Crippen molar-refractivity contribution in [3.63, 3.8) is 0 Å². The molecule has 0 spiro atoms. The number of ether oxygens (including phenoxy) is 1. The van der Waals surface area contributed by atoms with Gasteiger partial charge in [0, 0.05) is 0 Å². The molecule has 0 bridgehead atoms. The number of hydrogen-bond donors (Lipinski definition) is 0. The monoisotopic (exact) mass is 269 g/mol. The second kappa shape index (κ2) is 7.15. The molecule has 0 saturated carbocycles. The van der Waals surface area contributed by atoms with Crippen LogP contribution in [-0.2, 0) is 24.7 Å². The number of halogens is 2. The molecule has 0 aliphatic carbocycles. The van der Waals surface area contributed by atoms with Gasteiger partial charge < -0.3 is 0 Å². The van der Waals surface area contributed by atoms with E-state index in [0.29, 0.717) is 0 Å². The molecule has 0 fully saturated rings. The van der Waals surface area contributed by atoms with Crippen LogP contribution in [0.2, 0.25) is 0 Å². The first-order chi connectivity index (χ1) is 4.33. The Morgan fingerprint density at radius 3 is 1.91 bits per heavy atom. The fourth-order valence-electron chi connectivity index (χ4n) is 0.591. The number of benzene rings is 1. The topological polar surface area (TPSA) is 9.23 Å². The standard InChI is InChI=1S/C7H7O.2ClH.Zr/c1-8-7-5-3-2-4-6-7;;;/h3-6H,1H3;2*1H;. The van der Waals surface area contributed by atoms with Crippen LogP contribution in [0.1, 0.15) is 0 Å². The van der Waals surface area contributed by atoms with Gasteiger partial charge in [-0.2, -0.15) is 0 Å². The maximum Gasteiger partial charge on any atom is -0.147 e. The van der Waals surface area contributed by atoms with Gasteiger partial charge in [-0.1, -0.05) is 0 Å². The van der Waals surface area contributed by atoms with Crippen molar-refractivity contribution in [3.05, 3.63) is 24.3 Å². The summed E-state index contributed by atoms with van der Waals surface area (Å²) in [6.45, 7) is 0. The van der Waals surface area contributed by atoms with E-state index in [1.54, 1.807) is 7.11 Å². The molecule has 0 atom stereocenters. The molecular weight excluding hydrogens is 262 g/mol. The summed E-state index contributed by atoms with van der Waals surface area (Å²) in [5, 5.41) is 0. The molecule has 0 N–H and O–H groups in total. The number of rotatable bonds is 1. The molecule has 61 valence electrons. The van der Waals surface area contributed by atoms with Gasteiger partial charge in [0.1, 0.15) is 0 Å². The molecule has 1 aromatic carbocycles. The van der Waals surface area contributed by atoms with E-state index < -0.39 is 0 Å². The summed E-state index contributed by atoms with van der Waals surface area (Å²) in [5.74, 6) is 0.932. The van der Waals surface area contributed by atoms with Crippen molar-refractivity contribution in [2.75, 3.05) is 7.11 Å². The Hall–Kier alpha value is 0.483. The minimum Gasteiger partial charge on any atom is -0.147 e. The smallest absolute Gasteiger partial charge is 0.147 e. The Morgan fingerprint density at radius 2 is 1.55 bits per heavy atom. The second-order valence-electron chi connectivity index (χ2n) is 1.73. The summed E-state index contributed by atoms with van der Waals surface area (Å²) in [7, 11) is 1.68. The average Bonchev–Trinajstić information content (AvgIpc) is 1.90. The minimum atomic E-state index is 0. The van der Waals surface area contributed by atoms with Gasteiger partial charge in [0.15, 0.2) is 0 Å². The first kappa shape index (κ1) is 14.0. The first-order valence-corrected chi connectivity index (χ1v) is 3.91. The van der Waals surface area contributed by atoms with Gasteiger partial charge in [0.25, 0.3) is 0 Å². The Morgan fingerprint density at radius 1 is 1.09 bits per heavy atom. The fraction of sp³-hybridized carbons (Fsp3) is 0.143. The molecule has 0 heterocycles. The molecule has 0 aliphatic rings. The van der Waals surface area contributed by atoms with Gasteiger partial charge in [-0.25, -0.2) is 0 Å². The summed E-state index contributed by atoms with van der Waals surface area (Å²) in [6.07, 6.45) is 0. The van der Waals surface area contributed by atoms with Crippen molar-refractivity contribution >= 4 is 28.1 Å². The molecule has 1 nitrogen and oxygen atoms in total. The van der Waals surface area contributed by atoms with Crippen molar-refractivity contribution in [1.29, 1.82) is 0 Å². The third-order valence-electron chi connectivity index (χ3n) is 1.09. The van der Waals surface area contributed by atoms with Crippen LogP contribution in [0.4, 0.5) is 0 Å². The van der Waals surface area contributed by atoms with Crippen molar-refractivity contribution in [3.8, 4) is 5.75 Å². The van der Waals surface area contributed by atoms with E-state index in [9.17, 15) is 0 Å². The van der Waals surface area contributed by atoms with E-state index in [-0.39, 0.29) is 24.8 Å². The van der Waals surface area contributed by atoms with Crippen LogP contribution in [0.25, 0.3) is 0 Å². The summed E-state index contributed by atoms with van der Waals surface area (Å²) in [4.78, 5) is 0. The van der Waals surface area contributed by atoms with Gasteiger partial charge in [0.2, 0.25) is 0 Å². The van der Waals surface area contributed by atoms with E-state index in [2.05, 4.69) is 12.1 Å². The van der Waals surface area contributed by atoms with Crippen LogP contribution < -0.4 is 8.01 Å². The average molecular weight is 271 g/mol. The molecule has 11 heavy (non-hydrogen) atoms. The van der Waals surface area contributed by atoms with Crippen LogP contribution in [-0.4, -0.2) is 7.11 Å². The van der Waals surface area contributed by atoms with E-state index in [0.717, 1.165) is 5.75 Å². The second-order valence-corrected chi connectivity index (χ2v) is 3.15. The van der Waals surface area contributed by atoms with Crippen molar-refractivity contribution in [1.82, 2.24) is 0 Å². The van der Waals surface area contributed by atoms with Gasteiger partial charge in [0.05, 0.1) is 0 Å². The Labute approximate surface area is 94.2 Å². The summed E-state index contributed by atoms with van der Waals surface area (Å²) in [5.41, 5.74) is 0. The van der Waals surface area contributed by atoms with Crippen molar-refractivity contribution in [2.24, 2.45) is 0 Å². The van der Waals surface area contributed by atoms with Gasteiger partial charge >= 0.3 is 69.9 Å². The van der Waals surface area contributed by atoms with Crippen LogP contribution >= 0.6 is 24.8 Å². The van der Waals surface area contributed by atoms with Crippen LogP contribution in [0, 0.1) is 0 Å². The zero-order chi connectivity index (χ0) is 6.69. The van der Waals surface area contributed by atoms with E-state index >= 15 is 0 Å². The summed E-state index contributed by atoms with van der Waals surface area (Å²) < 4.78 is 6.33. The molecule has 0 aromatic heterocycles. The minimum absolute atomic E-state index is 0. The maximum atomic E-state index is 4.98. The SMILES string of the molecule is COc1cc[c]([Zr])cc1.Cl.Cl. The number of hydrogen-bond acceptors (Lipinski definition) is 1. The van der Waals surface area contributed by atoms with Gasteiger partial charge in [-0.05, 0) is 0 Å². The zero-order valence-electron chi connectivity index (χ0n) is 6.03. The largest absolute Gasteiger partial charge is 0.147 e. The van der Waals surface area contributed by atoms with Crippen molar-refractivity contribution < 1.29 is 29.5 Å². The molecule has 0 aliphatic heterocycles. The van der Waals surface area contributed by atoms with E-state index in [1.807, 2.05) is 12.1 Å². The Balaban J connectivity index is 0. The summed E-state index contributed by atoms with van der Waals surface area (Å²) >= 11 is 1.45. The number of methoxy groups -OCH3 is 1. The fourth-order valence-corrected chi connectivity index (χ4v) is 1.00. The molecule has 0 unspecified atom stereocenters. The Bertz CT molecular complexity index is 188. The van der Waals surface area contributed by atoms with E-state index in [4.69, 9.17) is 4.74 Å². The van der Waals surface area contributed by atoms with E-state index in [1.165, 1.54) is 28.0 Å². The molecule has 0 amide bonds. The maximum absolute atomic E-state index is 4.98. The van der Waals surface area contributed by atoms with Crippen LogP contribution in [0.5, 0.6) is 5.75 Å². The predicted octanol–water partition coefficient (Wildman–Crippen LogP) is 1.71. The van der Waals surface area contributed by atoms with Gasteiger partial charge in [-0.15, -0.1) is 24.8 Å². The molecule has 0 saturated heterocycles. The van der Waals surface area contributed by atoms with Crippen LogP contribution in [0.15, 0.2) is 24.3 Å². The first-order valence-electron chi connectivity index (χ1n) is 2.68. The third-order valence-corrected chi connectivity index (χ3v) is 1.91. The van der Waals surface area contributed by atoms with Gasteiger partial charge in [-0.3, -0.25) is 0 Å². The molecule has 0 radical (unpaired) electrons. The zero-order valence-corrected chi connectivity index (χ0v) is 10.1. The molecule has 1 rings (SSSR count). The quantitative estimate of drug-likeness (QED) is 0.755. The molecular formula is C7H9Cl2OZr. The third kappa shape index (κ3) is 4.84. The normalized spacial score (nSPS) is 7.27. The molecule has 4 heteroatoms. The van der Waals surface area contributed by atoms with Crippen molar-refractivity contribution in [2.45, 2.75) is 0 Å². The Kier molecular flexibility index (Phi) is 9.12. The molecule has 1 aromatic rings. The summed E-state index contributed by atoms with van der Waals surface area (Å²) in [6, 6.07) is 8.09. The predicted molar refractivity (Wildman–Crippen MR) is 47.1 cm³/mol. The van der Waals surface area contributed by atoms with Crippen LogP contribution in [0.3, 0.4) is 0 Å².